The van der Waals surface area contributed by atoms with Crippen molar-refractivity contribution < 1.29 is 4.79 Å². The number of H-pyrrole nitrogens is 1. The zero-order chi connectivity index (χ0) is 16.1. The molecule has 22 heavy (non-hydrogen) atoms. The molecule has 0 atom stereocenters. The molecular weight excluding hydrogens is 318 g/mol. The molecule has 0 unspecified atom stereocenters. The second kappa shape index (κ2) is 7.66. The summed E-state index contributed by atoms with van der Waals surface area (Å²) in [6.45, 7) is 3.83. The van der Waals surface area contributed by atoms with E-state index >= 15 is 0 Å². The van der Waals surface area contributed by atoms with E-state index in [1.54, 1.807) is 30.3 Å². The molecule has 0 aliphatic rings. The van der Waals surface area contributed by atoms with Crippen LogP contribution in [-0.2, 0) is 11.5 Å². The van der Waals surface area contributed by atoms with E-state index in [2.05, 4.69) is 21.9 Å². The predicted octanol–water partition coefficient (Wildman–Crippen LogP) is 2.43. The molecule has 0 radical (unpaired) electrons. The number of rotatable bonds is 7. The smallest absolute Gasteiger partial charge is 0.236 e. The highest BCUT2D eigenvalue weighted by atomic mass is 32.1. The Balaban J connectivity index is 2.13. The van der Waals surface area contributed by atoms with Crippen molar-refractivity contribution in [3.8, 4) is 10.7 Å². The van der Waals surface area contributed by atoms with Crippen LogP contribution in [0.25, 0.3) is 10.7 Å². The fraction of sp³-hybridized carbons (Fsp3) is 0.500. The van der Waals surface area contributed by atoms with Gasteiger partial charge in [-0.25, -0.2) is 4.68 Å². The van der Waals surface area contributed by atoms with Crippen LogP contribution >= 0.6 is 23.6 Å². The van der Waals surface area contributed by atoms with Gasteiger partial charge < -0.3 is 4.90 Å². The van der Waals surface area contributed by atoms with Crippen molar-refractivity contribution in [2.45, 2.75) is 20.0 Å². The van der Waals surface area contributed by atoms with Crippen molar-refractivity contribution in [2.75, 3.05) is 27.2 Å². The average molecular weight is 339 g/mol. The summed E-state index contributed by atoms with van der Waals surface area (Å²) in [6.07, 6.45) is 0.972. The molecule has 1 N–H and O–H groups in total. The zero-order valence-corrected chi connectivity index (χ0v) is 14.7. The van der Waals surface area contributed by atoms with Gasteiger partial charge in [-0.1, -0.05) is 13.0 Å². The lowest BCUT2D eigenvalue weighted by atomic mass is 10.4. The molecule has 0 aliphatic heterocycles. The summed E-state index contributed by atoms with van der Waals surface area (Å²) >= 11 is 6.93. The van der Waals surface area contributed by atoms with E-state index in [0.29, 0.717) is 18.0 Å². The van der Waals surface area contributed by atoms with Crippen LogP contribution in [0.2, 0.25) is 0 Å². The average Bonchev–Trinajstić information content (AvgIpc) is 3.09. The minimum absolute atomic E-state index is 0.0814. The summed E-state index contributed by atoms with van der Waals surface area (Å²) in [5.74, 6) is 0.855. The number of carbonyl (C=O) groups is 1. The topological polar surface area (TPSA) is 57.2 Å². The van der Waals surface area contributed by atoms with Gasteiger partial charge in [-0.2, -0.15) is 4.98 Å². The molecule has 0 fully saturated rings. The van der Waals surface area contributed by atoms with Gasteiger partial charge in [0.25, 0.3) is 0 Å². The van der Waals surface area contributed by atoms with Gasteiger partial charge in [0, 0.05) is 20.6 Å². The Morgan fingerprint density at radius 2 is 2.27 bits per heavy atom. The van der Waals surface area contributed by atoms with Gasteiger partial charge in [-0.05, 0) is 30.1 Å². The maximum absolute atomic E-state index is 11.9. The second-order valence-electron chi connectivity index (χ2n) is 5.24. The van der Waals surface area contributed by atoms with Crippen LogP contribution < -0.4 is 0 Å². The molecular formula is C14H21N5OS2. The third-order valence-corrected chi connectivity index (χ3v) is 4.36. The van der Waals surface area contributed by atoms with Gasteiger partial charge in [-0.15, -0.1) is 11.3 Å². The minimum Gasteiger partial charge on any atom is -0.348 e. The number of hydrogen-bond acceptors (Lipinski definition) is 5. The van der Waals surface area contributed by atoms with Crippen molar-refractivity contribution in [3.05, 3.63) is 22.3 Å². The third-order valence-electron chi connectivity index (χ3n) is 3.17. The van der Waals surface area contributed by atoms with E-state index in [-0.39, 0.29) is 5.91 Å². The lowest BCUT2D eigenvalue weighted by Crippen LogP contribution is -2.38. The number of carbonyl (C=O) groups excluding carboxylic acids is 1. The molecule has 120 valence electrons. The van der Waals surface area contributed by atoms with Crippen LogP contribution in [0.1, 0.15) is 13.3 Å². The Hall–Kier alpha value is -1.51. The first kappa shape index (κ1) is 16.9. The van der Waals surface area contributed by atoms with Crippen molar-refractivity contribution in [1.82, 2.24) is 24.6 Å². The molecule has 1 amide bonds. The van der Waals surface area contributed by atoms with Gasteiger partial charge in [0.15, 0.2) is 5.82 Å². The van der Waals surface area contributed by atoms with Gasteiger partial charge >= 0.3 is 0 Å². The van der Waals surface area contributed by atoms with E-state index in [0.717, 1.165) is 23.7 Å². The van der Waals surface area contributed by atoms with E-state index in [1.165, 1.54) is 0 Å². The summed E-state index contributed by atoms with van der Waals surface area (Å²) < 4.78 is 2.31. The summed E-state index contributed by atoms with van der Waals surface area (Å²) in [6, 6.07) is 3.98. The number of aromatic amines is 1. The minimum atomic E-state index is 0.0814. The van der Waals surface area contributed by atoms with Crippen LogP contribution in [0, 0.1) is 4.77 Å². The first-order valence-corrected chi connectivity index (χ1v) is 8.43. The van der Waals surface area contributed by atoms with Crippen LogP contribution in [0.3, 0.4) is 0 Å². The Labute approximate surface area is 139 Å². The highest BCUT2D eigenvalue weighted by Crippen LogP contribution is 2.20. The largest absolute Gasteiger partial charge is 0.348 e. The van der Waals surface area contributed by atoms with Crippen molar-refractivity contribution in [2.24, 2.45) is 0 Å². The molecule has 8 heteroatoms. The lowest BCUT2D eigenvalue weighted by molar-refractivity contribution is -0.130. The molecule has 2 rings (SSSR count). The van der Waals surface area contributed by atoms with Crippen LogP contribution in [0.4, 0.5) is 0 Å². The molecule has 0 aliphatic carbocycles. The van der Waals surface area contributed by atoms with Crippen molar-refractivity contribution in [3.63, 3.8) is 0 Å². The number of nitrogens with one attached hydrogen (secondary N) is 1. The Morgan fingerprint density at radius 1 is 1.50 bits per heavy atom. The number of amides is 1. The fourth-order valence-electron chi connectivity index (χ4n) is 2.02. The quantitative estimate of drug-likeness (QED) is 0.787. The molecule has 0 saturated heterocycles. The van der Waals surface area contributed by atoms with Crippen LogP contribution in [-0.4, -0.2) is 57.7 Å². The van der Waals surface area contributed by atoms with E-state index in [1.807, 2.05) is 22.2 Å². The lowest BCUT2D eigenvalue weighted by Gasteiger charge is -2.22. The number of thiophene rings is 1. The van der Waals surface area contributed by atoms with Gasteiger partial charge in [-0.3, -0.25) is 14.8 Å². The van der Waals surface area contributed by atoms with Gasteiger partial charge in [0.1, 0.15) is 0 Å². The maximum atomic E-state index is 11.9. The normalized spacial score (nSPS) is 11.1. The van der Waals surface area contributed by atoms with E-state index < -0.39 is 0 Å². The number of nitrogens with zero attached hydrogens (tertiary/aromatic N) is 4. The highest BCUT2D eigenvalue weighted by Gasteiger charge is 2.14. The molecule has 0 aromatic carbocycles. The predicted molar refractivity (Wildman–Crippen MR) is 91.3 cm³/mol. The Bertz CT molecular complexity index is 659. The Kier molecular flexibility index (Phi) is 5.87. The summed E-state index contributed by atoms with van der Waals surface area (Å²) in [5.41, 5.74) is 0. The summed E-state index contributed by atoms with van der Waals surface area (Å²) in [4.78, 5) is 21.0. The monoisotopic (exact) mass is 339 g/mol. The van der Waals surface area contributed by atoms with E-state index in [4.69, 9.17) is 12.2 Å². The van der Waals surface area contributed by atoms with Crippen LogP contribution in [0.5, 0.6) is 0 Å². The highest BCUT2D eigenvalue weighted by molar-refractivity contribution is 7.71. The van der Waals surface area contributed by atoms with E-state index in [9.17, 15) is 4.79 Å². The molecule has 0 bridgehead atoms. The fourth-order valence-corrected chi connectivity index (χ4v) is 2.88. The number of hydrogen-bond donors (Lipinski definition) is 1. The number of likely N-dealkylation sites (N-methyl/N-ethyl adjacent to an activating group) is 1. The molecule has 2 aromatic rings. The number of aromatic nitrogens is 3. The molecule has 2 aromatic heterocycles. The Morgan fingerprint density at radius 3 is 2.86 bits per heavy atom. The van der Waals surface area contributed by atoms with Gasteiger partial charge in [0.05, 0.1) is 18.1 Å². The second-order valence-corrected chi connectivity index (χ2v) is 6.56. The maximum Gasteiger partial charge on any atom is 0.236 e. The summed E-state index contributed by atoms with van der Waals surface area (Å²) in [5, 5.41) is 5.22. The molecule has 0 spiro atoms. The summed E-state index contributed by atoms with van der Waals surface area (Å²) in [7, 11) is 3.53. The third kappa shape index (κ3) is 4.25. The van der Waals surface area contributed by atoms with Crippen molar-refractivity contribution >= 4 is 29.5 Å². The zero-order valence-electron chi connectivity index (χ0n) is 13.1. The SMILES string of the molecule is CCCN(CC(=O)N(C)C)Cn1[nH]c(-c2cccs2)nc1=S. The first-order valence-electron chi connectivity index (χ1n) is 7.14. The standard InChI is InChI=1S/C14H21N5OS2/c1-4-7-18(9-12(20)17(2)3)10-19-14(21)15-13(16-19)11-6-5-8-22-11/h5-6,8H,4,7,9-10H2,1-3H3,(H,15,16,21). The molecule has 0 saturated carbocycles. The first-order chi connectivity index (χ1) is 10.5. The molecule has 6 nitrogen and oxygen atoms in total. The van der Waals surface area contributed by atoms with Crippen LogP contribution in [0.15, 0.2) is 17.5 Å². The molecule has 2 heterocycles. The van der Waals surface area contributed by atoms with Gasteiger partial charge in [0.2, 0.25) is 10.7 Å². The van der Waals surface area contributed by atoms with Crippen molar-refractivity contribution in [1.29, 1.82) is 0 Å².